The SMILES string of the molecule is COc1c(C)c(C)c[n+]2ccc3c4ccccc4[nH]c3c12. The summed E-state index contributed by atoms with van der Waals surface area (Å²) in [6.45, 7) is 4.22. The second-order valence-electron chi connectivity index (χ2n) is 5.50. The molecular formula is C18H17N2O+. The zero-order valence-electron chi connectivity index (χ0n) is 12.4. The first-order valence-electron chi connectivity index (χ1n) is 7.09. The third kappa shape index (κ3) is 1.57. The summed E-state index contributed by atoms with van der Waals surface area (Å²) in [7, 11) is 1.74. The molecule has 3 heteroatoms. The maximum absolute atomic E-state index is 5.70. The van der Waals surface area contributed by atoms with Crippen molar-refractivity contribution in [2.45, 2.75) is 13.8 Å². The largest absolute Gasteiger partial charge is 0.490 e. The molecule has 0 aliphatic rings. The number of ether oxygens (including phenoxy) is 1. The zero-order chi connectivity index (χ0) is 14.6. The van der Waals surface area contributed by atoms with Crippen LogP contribution in [0.25, 0.3) is 27.3 Å². The number of methoxy groups -OCH3 is 1. The highest BCUT2D eigenvalue weighted by Gasteiger charge is 2.20. The van der Waals surface area contributed by atoms with Crippen LogP contribution in [-0.4, -0.2) is 12.1 Å². The first kappa shape index (κ1) is 12.2. The lowest BCUT2D eigenvalue weighted by atomic mass is 10.1. The number of fused-ring (bicyclic) bond motifs is 5. The van der Waals surface area contributed by atoms with Gasteiger partial charge in [0.05, 0.1) is 7.11 Å². The third-order valence-electron chi connectivity index (χ3n) is 4.33. The number of hydrogen-bond donors (Lipinski definition) is 1. The molecule has 0 saturated heterocycles. The van der Waals surface area contributed by atoms with E-state index in [-0.39, 0.29) is 0 Å². The minimum Gasteiger partial charge on any atom is -0.490 e. The van der Waals surface area contributed by atoms with Crippen molar-refractivity contribution in [1.29, 1.82) is 0 Å². The van der Waals surface area contributed by atoms with Gasteiger partial charge >= 0.3 is 0 Å². The van der Waals surface area contributed by atoms with E-state index in [1.54, 1.807) is 7.11 Å². The Morgan fingerprint density at radius 2 is 1.86 bits per heavy atom. The predicted octanol–water partition coefficient (Wildman–Crippen LogP) is 3.69. The second kappa shape index (κ2) is 4.22. The van der Waals surface area contributed by atoms with Crippen molar-refractivity contribution < 1.29 is 9.14 Å². The molecular weight excluding hydrogens is 260 g/mol. The number of hydrogen-bond acceptors (Lipinski definition) is 1. The van der Waals surface area contributed by atoms with Crippen LogP contribution in [0, 0.1) is 13.8 Å². The van der Waals surface area contributed by atoms with Gasteiger partial charge in [0.2, 0.25) is 0 Å². The van der Waals surface area contributed by atoms with E-state index in [0.717, 1.165) is 22.3 Å². The molecule has 0 amide bonds. The Hall–Kier alpha value is -2.55. The third-order valence-corrected chi connectivity index (χ3v) is 4.33. The van der Waals surface area contributed by atoms with E-state index in [0.29, 0.717) is 0 Å². The standard InChI is InChI=1S/C18H16N2O/c1-11-10-20-9-8-14-13-6-4-5-7-15(13)19-16(14)17(20)18(21-3)12(11)2/h4-10H,1-3H3/p+1. The monoisotopic (exact) mass is 277 g/mol. The van der Waals surface area contributed by atoms with Crippen molar-refractivity contribution in [3.05, 3.63) is 53.9 Å². The number of H-pyrrole nitrogens is 1. The van der Waals surface area contributed by atoms with E-state index >= 15 is 0 Å². The molecule has 3 heterocycles. The van der Waals surface area contributed by atoms with Crippen LogP contribution in [0.5, 0.6) is 5.75 Å². The van der Waals surface area contributed by atoms with E-state index < -0.39 is 0 Å². The molecule has 0 bridgehead atoms. The van der Waals surface area contributed by atoms with Crippen LogP contribution in [-0.2, 0) is 0 Å². The molecule has 0 aliphatic heterocycles. The Morgan fingerprint density at radius 3 is 2.67 bits per heavy atom. The van der Waals surface area contributed by atoms with Crippen molar-refractivity contribution in [2.75, 3.05) is 7.11 Å². The second-order valence-corrected chi connectivity index (χ2v) is 5.50. The molecule has 0 saturated carbocycles. The van der Waals surface area contributed by atoms with Crippen LogP contribution in [0.2, 0.25) is 0 Å². The lowest BCUT2D eigenvalue weighted by Crippen LogP contribution is -2.23. The van der Waals surface area contributed by atoms with Gasteiger partial charge in [0.15, 0.2) is 18.1 Å². The van der Waals surface area contributed by atoms with E-state index in [1.807, 2.05) is 0 Å². The Kier molecular flexibility index (Phi) is 2.45. The molecule has 21 heavy (non-hydrogen) atoms. The minimum atomic E-state index is 0.937. The van der Waals surface area contributed by atoms with Crippen LogP contribution in [0.4, 0.5) is 0 Å². The summed E-state index contributed by atoms with van der Waals surface area (Å²) in [6.07, 6.45) is 4.26. The minimum absolute atomic E-state index is 0.937. The highest BCUT2D eigenvalue weighted by atomic mass is 16.5. The maximum atomic E-state index is 5.70. The highest BCUT2D eigenvalue weighted by Crippen LogP contribution is 2.32. The van der Waals surface area contributed by atoms with Gasteiger partial charge in [-0.05, 0) is 19.9 Å². The van der Waals surface area contributed by atoms with E-state index in [9.17, 15) is 0 Å². The quantitative estimate of drug-likeness (QED) is 0.528. The number of aromatic nitrogens is 2. The molecule has 0 aliphatic carbocycles. The van der Waals surface area contributed by atoms with Crippen LogP contribution in [0.1, 0.15) is 11.1 Å². The molecule has 0 atom stereocenters. The molecule has 3 aromatic heterocycles. The topological polar surface area (TPSA) is 29.1 Å². The summed E-state index contributed by atoms with van der Waals surface area (Å²) < 4.78 is 7.84. The fourth-order valence-corrected chi connectivity index (χ4v) is 3.13. The fourth-order valence-electron chi connectivity index (χ4n) is 3.13. The molecule has 0 unspecified atom stereocenters. The molecule has 0 radical (unpaired) electrons. The highest BCUT2D eigenvalue weighted by molar-refractivity contribution is 6.11. The molecule has 104 valence electrons. The maximum Gasteiger partial charge on any atom is 0.277 e. The summed E-state index contributed by atoms with van der Waals surface area (Å²) in [5, 5.41) is 2.47. The number of aryl methyl sites for hydroxylation is 1. The zero-order valence-corrected chi connectivity index (χ0v) is 12.4. The Bertz CT molecular complexity index is 999. The first-order valence-corrected chi connectivity index (χ1v) is 7.09. The van der Waals surface area contributed by atoms with Gasteiger partial charge in [-0.2, -0.15) is 4.40 Å². The van der Waals surface area contributed by atoms with Crippen LogP contribution in [0.15, 0.2) is 42.7 Å². The average Bonchev–Trinajstić information content (AvgIpc) is 2.87. The number of nitrogens with zero attached hydrogens (tertiary/aromatic N) is 1. The van der Waals surface area contributed by atoms with Gasteiger partial charge < -0.3 is 9.72 Å². The van der Waals surface area contributed by atoms with Crippen LogP contribution >= 0.6 is 0 Å². The van der Waals surface area contributed by atoms with Gasteiger partial charge in [-0.15, -0.1) is 0 Å². The molecule has 4 rings (SSSR count). The van der Waals surface area contributed by atoms with Crippen LogP contribution < -0.4 is 9.14 Å². The Morgan fingerprint density at radius 1 is 1.05 bits per heavy atom. The van der Waals surface area contributed by atoms with Crippen molar-refractivity contribution in [2.24, 2.45) is 0 Å². The summed E-state index contributed by atoms with van der Waals surface area (Å²) in [4.78, 5) is 3.54. The molecule has 4 aromatic rings. The number of aromatic amines is 1. The molecule has 0 fully saturated rings. The molecule has 1 N–H and O–H groups in total. The van der Waals surface area contributed by atoms with Gasteiger partial charge in [-0.1, -0.05) is 18.2 Å². The van der Waals surface area contributed by atoms with E-state index in [2.05, 4.69) is 66.0 Å². The molecule has 0 spiro atoms. The fraction of sp³-hybridized carbons (Fsp3) is 0.167. The van der Waals surface area contributed by atoms with Crippen molar-refractivity contribution >= 4 is 27.3 Å². The summed E-state index contributed by atoms with van der Waals surface area (Å²) in [5.74, 6) is 0.937. The lowest BCUT2D eigenvalue weighted by molar-refractivity contribution is -0.511. The summed E-state index contributed by atoms with van der Waals surface area (Å²) in [5.41, 5.74) is 5.78. The van der Waals surface area contributed by atoms with Crippen molar-refractivity contribution in [3.63, 3.8) is 0 Å². The number of pyridine rings is 2. The van der Waals surface area contributed by atoms with E-state index in [1.165, 1.54) is 21.9 Å². The first-order chi connectivity index (χ1) is 10.2. The Labute approximate surface area is 122 Å². The molecule has 3 nitrogen and oxygen atoms in total. The van der Waals surface area contributed by atoms with Gasteiger partial charge in [0, 0.05) is 33.5 Å². The lowest BCUT2D eigenvalue weighted by Gasteiger charge is -2.07. The number of rotatable bonds is 1. The van der Waals surface area contributed by atoms with Crippen LogP contribution in [0.3, 0.4) is 0 Å². The molecule has 1 aromatic carbocycles. The average molecular weight is 277 g/mol. The van der Waals surface area contributed by atoms with Crippen molar-refractivity contribution in [1.82, 2.24) is 4.98 Å². The Balaban J connectivity index is 2.30. The van der Waals surface area contributed by atoms with E-state index in [4.69, 9.17) is 4.74 Å². The van der Waals surface area contributed by atoms with Gasteiger partial charge in [0.1, 0.15) is 5.52 Å². The number of nitrogens with one attached hydrogen (secondary N) is 1. The summed E-state index contributed by atoms with van der Waals surface area (Å²) in [6, 6.07) is 10.6. The summed E-state index contributed by atoms with van der Waals surface area (Å²) >= 11 is 0. The van der Waals surface area contributed by atoms with Gasteiger partial charge in [-0.25, -0.2) is 0 Å². The van der Waals surface area contributed by atoms with Gasteiger partial charge in [0.25, 0.3) is 5.52 Å². The smallest absolute Gasteiger partial charge is 0.277 e. The number of benzene rings is 1. The number of para-hydroxylation sites is 1. The predicted molar refractivity (Wildman–Crippen MR) is 85.0 cm³/mol. The van der Waals surface area contributed by atoms with Crippen molar-refractivity contribution in [3.8, 4) is 5.75 Å². The van der Waals surface area contributed by atoms with Gasteiger partial charge in [-0.3, -0.25) is 0 Å². The normalized spacial score (nSPS) is 11.6.